The highest BCUT2D eigenvalue weighted by Crippen LogP contribution is 2.34. The summed E-state index contributed by atoms with van der Waals surface area (Å²) in [5.41, 5.74) is -1.08. The lowest BCUT2D eigenvalue weighted by Crippen LogP contribution is -2.38. The molecule has 0 aliphatic heterocycles. The molecule has 0 spiro atoms. The van der Waals surface area contributed by atoms with Crippen molar-refractivity contribution in [3.8, 4) is 11.5 Å². The Balaban J connectivity index is 1.76. The van der Waals surface area contributed by atoms with Gasteiger partial charge < -0.3 is 15.0 Å². The highest BCUT2D eigenvalue weighted by molar-refractivity contribution is 6.01. The number of nitrogens with one attached hydrogen (secondary N) is 1. The van der Waals surface area contributed by atoms with E-state index >= 15 is 0 Å². The average molecular weight is 442 g/mol. The zero-order valence-electron chi connectivity index (χ0n) is 17.2. The first kappa shape index (κ1) is 22.9. The Morgan fingerprint density at radius 1 is 0.906 bits per heavy atom. The third kappa shape index (κ3) is 5.66. The molecule has 1 N–H and O–H groups in total. The molecule has 2 amide bonds. The molecule has 8 heteroatoms. The Morgan fingerprint density at radius 2 is 1.53 bits per heavy atom. The highest BCUT2D eigenvalue weighted by atomic mass is 19.4. The van der Waals surface area contributed by atoms with Crippen molar-refractivity contribution in [2.45, 2.75) is 13.1 Å². The second-order valence-electron chi connectivity index (χ2n) is 6.82. The molecule has 0 saturated heterocycles. The Morgan fingerprint density at radius 3 is 2.22 bits per heavy atom. The number of rotatable bonds is 7. The molecule has 3 aromatic rings. The topological polar surface area (TPSA) is 58.6 Å². The van der Waals surface area contributed by atoms with E-state index in [0.29, 0.717) is 11.5 Å². The van der Waals surface area contributed by atoms with Gasteiger partial charge in [-0.1, -0.05) is 42.5 Å². The van der Waals surface area contributed by atoms with E-state index in [9.17, 15) is 22.8 Å². The number of carbonyl (C=O) groups excluding carboxylic acids is 2. The van der Waals surface area contributed by atoms with E-state index in [4.69, 9.17) is 4.74 Å². The number of hydrogen-bond donors (Lipinski definition) is 1. The van der Waals surface area contributed by atoms with Crippen molar-refractivity contribution in [2.24, 2.45) is 0 Å². The number of halogens is 3. The first-order valence-corrected chi connectivity index (χ1v) is 9.87. The van der Waals surface area contributed by atoms with Crippen molar-refractivity contribution < 1.29 is 27.5 Å². The molecule has 0 atom stereocenters. The summed E-state index contributed by atoms with van der Waals surface area (Å²) in [6.45, 7) is 1.43. The van der Waals surface area contributed by atoms with E-state index in [0.717, 1.165) is 6.07 Å². The SMILES string of the molecule is CCN(CC(=O)Nc1ccccc1C(F)(F)F)C(=O)c1ccccc1Oc1ccccc1. The number of alkyl halides is 3. The molecule has 32 heavy (non-hydrogen) atoms. The standard InChI is InChI=1S/C24H21F3N2O3/c1-2-29(16-22(30)28-20-14-8-7-13-19(20)24(25,26)27)23(31)18-12-6-9-15-21(18)32-17-10-4-3-5-11-17/h3-15H,2,16H2,1H3,(H,28,30). The molecule has 166 valence electrons. The smallest absolute Gasteiger partial charge is 0.418 e. The minimum atomic E-state index is -4.61. The monoisotopic (exact) mass is 442 g/mol. The summed E-state index contributed by atoms with van der Waals surface area (Å²) in [5, 5.41) is 2.26. The Hall–Kier alpha value is -3.81. The van der Waals surface area contributed by atoms with Gasteiger partial charge in [0.25, 0.3) is 5.91 Å². The first-order valence-electron chi connectivity index (χ1n) is 9.87. The fourth-order valence-electron chi connectivity index (χ4n) is 3.05. The number of para-hydroxylation sites is 3. The summed E-state index contributed by atoms with van der Waals surface area (Å²) in [6.07, 6.45) is -4.61. The molecular weight excluding hydrogens is 421 g/mol. The Kier molecular flexibility index (Phi) is 7.14. The van der Waals surface area contributed by atoms with Gasteiger partial charge in [-0.25, -0.2) is 0 Å². The highest BCUT2D eigenvalue weighted by Gasteiger charge is 2.33. The minimum Gasteiger partial charge on any atom is -0.457 e. The molecule has 3 aromatic carbocycles. The van der Waals surface area contributed by atoms with Crippen LogP contribution in [-0.4, -0.2) is 29.8 Å². The number of carbonyl (C=O) groups is 2. The molecule has 3 rings (SSSR count). The maximum atomic E-state index is 13.2. The molecule has 5 nitrogen and oxygen atoms in total. The number of benzene rings is 3. The first-order chi connectivity index (χ1) is 15.3. The lowest BCUT2D eigenvalue weighted by molar-refractivity contribution is -0.137. The summed E-state index contributed by atoms with van der Waals surface area (Å²) < 4.78 is 45.3. The Bertz CT molecular complexity index is 1090. The van der Waals surface area contributed by atoms with Crippen molar-refractivity contribution in [3.05, 3.63) is 90.0 Å². The zero-order valence-corrected chi connectivity index (χ0v) is 17.2. The number of likely N-dealkylation sites (N-methyl/N-ethyl adjacent to an activating group) is 1. The van der Waals surface area contributed by atoms with Crippen LogP contribution >= 0.6 is 0 Å². The summed E-state index contributed by atoms with van der Waals surface area (Å²) in [5.74, 6) is -0.362. The van der Waals surface area contributed by atoms with Crippen LogP contribution in [0.3, 0.4) is 0 Å². The number of anilines is 1. The molecule has 0 aromatic heterocycles. The van der Waals surface area contributed by atoms with Crippen LogP contribution in [-0.2, 0) is 11.0 Å². The quantitative estimate of drug-likeness (QED) is 0.518. The van der Waals surface area contributed by atoms with Crippen LogP contribution in [0.5, 0.6) is 11.5 Å². The number of hydrogen-bond acceptors (Lipinski definition) is 3. The lowest BCUT2D eigenvalue weighted by Gasteiger charge is -2.22. The molecule has 0 heterocycles. The maximum Gasteiger partial charge on any atom is 0.418 e. The van der Waals surface area contributed by atoms with Crippen molar-refractivity contribution in [2.75, 3.05) is 18.4 Å². The van der Waals surface area contributed by atoms with Crippen LogP contribution in [0.2, 0.25) is 0 Å². The van der Waals surface area contributed by atoms with Gasteiger partial charge >= 0.3 is 6.18 Å². The largest absolute Gasteiger partial charge is 0.457 e. The van der Waals surface area contributed by atoms with Gasteiger partial charge in [0.05, 0.1) is 16.8 Å². The van der Waals surface area contributed by atoms with Gasteiger partial charge in [0, 0.05) is 6.54 Å². The minimum absolute atomic E-state index is 0.173. The van der Waals surface area contributed by atoms with Crippen LogP contribution in [0, 0.1) is 0 Å². The molecular formula is C24H21F3N2O3. The summed E-state index contributed by atoms with van der Waals surface area (Å²) in [4.78, 5) is 26.8. The average Bonchev–Trinajstić information content (AvgIpc) is 2.78. The van der Waals surface area contributed by atoms with Gasteiger partial charge in [-0.3, -0.25) is 9.59 Å². The van der Waals surface area contributed by atoms with Crippen molar-refractivity contribution >= 4 is 17.5 Å². The molecule has 0 unspecified atom stereocenters. The number of ether oxygens (including phenoxy) is 1. The van der Waals surface area contributed by atoms with Crippen LogP contribution in [0.25, 0.3) is 0 Å². The van der Waals surface area contributed by atoms with E-state index in [1.54, 1.807) is 55.5 Å². The van der Waals surface area contributed by atoms with Crippen LogP contribution in [0.15, 0.2) is 78.9 Å². The van der Waals surface area contributed by atoms with Gasteiger partial charge in [-0.05, 0) is 43.3 Å². The number of amides is 2. The zero-order chi connectivity index (χ0) is 23.1. The molecule has 0 bridgehead atoms. The molecule has 0 aliphatic carbocycles. The van der Waals surface area contributed by atoms with Gasteiger partial charge in [0.15, 0.2) is 0 Å². The molecule has 0 radical (unpaired) electrons. The maximum absolute atomic E-state index is 13.2. The second-order valence-corrected chi connectivity index (χ2v) is 6.82. The predicted molar refractivity (Wildman–Crippen MR) is 115 cm³/mol. The van der Waals surface area contributed by atoms with E-state index in [2.05, 4.69) is 5.32 Å². The third-order valence-electron chi connectivity index (χ3n) is 4.60. The van der Waals surface area contributed by atoms with Crippen LogP contribution < -0.4 is 10.1 Å². The third-order valence-corrected chi connectivity index (χ3v) is 4.60. The van der Waals surface area contributed by atoms with E-state index in [1.165, 1.54) is 23.1 Å². The molecule has 0 saturated carbocycles. The summed E-state index contributed by atoms with van der Waals surface area (Å²) in [7, 11) is 0. The summed E-state index contributed by atoms with van der Waals surface area (Å²) in [6, 6.07) is 20.2. The fourth-order valence-corrected chi connectivity index (χ4v) is 3.05. The van der Waals surface area contributed by atoms with E-state index < -0.39 is 30.1 Å². The fraction of sp³-hybridized carbons (Fsp3) is 0.167. The van der Waals surface area contributed by atoms with E-state index in [-0.39, 0.29) is 17.8 Å². The predicted octanol–water partition coefficient (Wildman–Crippen LogP) is 5.60. The van der Waals surface area contributed by atoms with Crippen LogP contribution in [0.4, 0.5) is 18.9 Å². The number of nitrogens with zero attached hydrogens (tertiary/aromatic N) is 1. The van der Waals surface area contributed by atoms with Gasteiger partial charge in [-0.15, -0.1) is 0 Å². The second kappa shape index (κ2) is 10.00. The normalized spacial score (nSPS) is 11.0. The summed E-state index contributed by atoms with van der Waals surface area (Å²) >= 11 is 0. The molecule has 0 fully saturated rings. The van der Waals surface area contributed by atoms with Crippen LogP contribution in [0.1, 0.15) is 22.8 Å². The van der Waals surface area contributed by atoms with Gasteiger partial charge in [0.1, 0.15) is 18.0 Å². The van der Waals surface area contributed by atoms with Crippen molar-refractivity contribution in [1.82, 2.24) is 4.90 Å². The van der Waals surface area contributed by atoms with Crippen molar-refractivity contribution in [1.29, 1.82) is 0 Å². The Labute approximate surface area is 183 Å². The van der Waals surface area contributed by atoms with E-state index in [1.807, 2.05) is 6.07 Å². The lowest BCUT2D eigenvalue weighted by atomic mass is 10.1. The van der Waals surface area contributed by atoms with Crippen molar-refractivity contribution in [3.63, 3.8) is 0 Å². The molecule has 0 aliphatic rings. The van der Waals surface area contributed by atoms with Gasteiger partial charge in [0.2, 0.25) is 5.91 Å². The van der Waals surface area contributed by atoms with Gasteiger partial charge in [-0.2, -0.15) is 13.2 Å².